The highest BCUT2D eigenvalue weighted by Gasteiger charge is 2.18. The molecule has 0 saturated carbocycles. The molecule has 0 bridgehead atoms. The van der Waals surface area contributed by atoms with Crippen LogP contribution in [0.3, 0.4) is 0 Å². The van der Waals surface area contributed by atoms with Crippen molar-refractivity contribution in [2.24, 2.45) is 0 Å². The van der Waals surface area contributed by atoms with E-state index in [4.69, 9.17) is 18.2 Å². The maximum atomic E-state index is 6.36. The average molecular weight is 695 g/mol. The van der Waals surface area contributed by atoms with Gasteiger partial charge in [-0.25, -0.2) is 4.98 Å². The maximum absolute atomic E-state index is 6.36. The summed E-state index contributed by atoms with van der Waals surface area (Å²) in [4.78, 5) is 7.22. The molecule has 0 aliphatic heterocycles. The molecule has 0 aliphatic carbocycles. The van der Waals surface area contributed by atoms with Crippen LogP contribution in [0, 0.1) is 0 Å². The number of aromatic nitrogens is 1. The summed E-state index contributed by atoms with van der Waals surface area (Å²) in [5.74, 6) is 0.598. The molecule has 3 heterocycles. The van der Waals surface area contributed by atoms with Gasteiger partial charge in [0.25, 0.3) is 0 Å². The molecule has 254 valence electrons. The number of para-hydroxylation sites is 3. The summed E-state index contributed by atoms with van der Waals surface area (Å²) in [7, 11) is 0. The van der Waals surface area contributed by atoms with E-state index in [0.717, 1.165) is 99.9 Å². The largest absolute Gasteiger partial charge is 0.456 e. The van der Waals surface area contributed by atoms with E-state index in [1.165, 1.54) is 0 Å². The fraction of sp³-hybridized carbons (Fsp3) is 0. The lowest BCUT2D eigenvalue weighted by Gasteiger charge is -2.26. The number of fused-ring (bicyclic) bond motifs is 8. The van der Waals surface area contributed by atoms with Gasteiger partial charge in [-0.05, 0) is 95.6 Å². The third kappa shape index (κ3) is 4.90. The van der Waals surface area contributed by atoms with E-state index in [-0.39, 0.29) is 0 Å². The minimum atomic E-state index is 0.598. The van der Waals surface area contributed by atoms with Crippen LogP contribution in [0.2, 0.25) is 0 Å². The number of furan rings is 2. The Kier molecular flexibility index (Phi) is 6.79. The molecule has 0 atom stereocenters. The fourth-order valence-corrected chi connectivity index (χ4v) is 7.73. The maximum Gasteiger partial charge on any atom is 0.227 e. The van der Waals surface area contributed by atoms with E-state index in [1.54, 1.807) is 0 Å². The van der Waals surface area contributed by atoms with Crippen LogP contribution in [0.1, 0.15) is 0 Å². The van der Waals surface area contributed by atoms with E-state index in [0.29, 0.717) is 5.89 Å². The molecule has 0 fully saturated rings. The fourth-order valence-electron chi connectivity index (χ4n) is 7.73. The Bertz CT molecular complexity index is 3140. The molecular formula is C49H30N2O3. The highest BCUT2D eigenvalue weighted by Crippen LogP contribution is 2.41. The predicted molar refractivity (Wildman–Crippen MR) is 220 cm³/mol. The molecule has 11 rings (SSSR count). The molecule has 0 saturated heterocycles. The normalized spacial score (nSPS) is 11.7. The van der Waals surface area contributed by atoms with Crippen molar-refractivity contribution >= 4 is 72.0 Å². The zero-order valence-electron chi connectivity index (χ0n) is 28.9. The summed E-state index contributed by atoms with van der Waals surface area (Å²) in [5.41, 5.74) is 13.5. The van der Waals surface area contributed by atoms with Gasteiger partial charge < -0.3 is 18.2 Å². The van der Waals surface area contributed by atoms with Gasteiger partial charge in [0.15, 0.2) is 5.58 Å². The summed E-state index contributed by atoms with van der Waals surface area (Å²) in [6.07, 6.45) is 0. The number of rotatable bonds is 6. The second kappa shape index (κ2) is 12.1. The minimum absolute atomic E-state index is 0.598. The topological polar surface area (TPSA) is 55.6 Å². The van der Waals surface area contributed by atoms with Crippen molar-refractivity contribution < 1.29 is 13.3 Å². The van der Waals surface area contributed by atoms with Gasteiger partial charge in [0, 0.05) is 44.3 Å². The molecule has 54 heavy (non-hydrogen) atoms. The first-order valence-corrected chi connectivity index (χ1v) is 18.0. The van der Waals surface area contributed by atoms with Crippen LogP contribution >= 0.6 is 0 Å². The lowest BCUT2D eigenvalue weighted by atomic mass is 10.0. The Balaban J connectivity index is 0.958. The Labute approximate surface area is 309 Å². The summed E-state index contributed by atoms with van der Waals surface area (Å²) >= 11 is 0. The standard InChI is InChI=1S/C49H30N2O3/c1-3-10-33(11-4-1)49-50-47-45(54-49)29-28-44-46(47)41-30-34(22-27-43(41)52-44)31-18-23-36(24-19-31)51(35-12-5-2-6-13-35)37-25-20-32(21-26-37)38-15-9-16-40-39-14-7-8-17-42(39)53-48(38)40/h1-30H. The van der Waals surface area contributed by atoms with Crippen LogP contribution in [0.25, 0.3) is 88.7 Å². The first-order chi connectivity index (χ1) is 26.7. The highest BCUT2D eigenvalue weighted by molar-refractivity contribution is 6.17. The van der Waals surface area contributed by atoms with Crippen LogP contribution in [-0.2, 0) is 0 Å². The molecule has 3 aromatic heterocycles. The molecule has 0 unspecified atom stereocenters. The van der Waals surface area contributed by atoms with Crippen LogP contribution in [0.4, 0.5) is 17.1 Å². The Hall–Kier alpha value is -7.37. The van der Waals surface area contributed by atoms with Crippen LogP contribution < -0.4 is 4.90 Å². The molecule has 0 spiro atoms. The van der Waals surface area contributed by atoms with Crippen molar-refractivity contribution in [3.63, 3.8) is 0 Å². The number of hydrogen-bond acceptors (Lipinski definition) is 5. The van der Waals surface area contributed by atoms with Crippen LogP contribution in [0.5, 0.6) is 0 Å². The lowest BCUT2D eigenvalue weighted by Crippen LogP contribution is -2.09. The Morgan fingerprint density at radius 3 is 1.78 bits per heavy atom. The van der Waals surface area contributed by atoms with Crippen molar-refractivity contribution in [3.05, 3.63) is 182 Å². The van der Waals surface area contributed by atoms with Gasteiger partial charge in [-0.15, -0.1) is 0 Å². The van der Waals surface area contributed by atoms with Gasteiger partial charge in [-0.1, -0.05) is 103 Å². The SMILES string of the molecule is c1ccc(-c2nc3c(ccc4oc5ccc(-c6ccc(N(c7ccccc7)c7ccc(-c8cccc9c8oc8ccccc89)cc7)cc6)cc5c43)o2)cc1. The molecule has 0 radical (unpaired) electrons. The Morgan fingerprint density at radius 2 is 0.981 bits per heavy atom. The lowest BCUT2D eigenvalue weighted by molar-refractivity contribution is 0.619. The second-order valence-corrected chi connectivity index (χ2v) is 13.5. The molecule has 5 heteroatoms. The van der Waals surface area contributed by atoms with Crippen molar-refractivity contribution in [1.29, 1.82) is 0 Å². The van der Waals surface area contributed by atoms with Crippen molar-refractivity contribution in [1.82, 2.24) is 4.98 Å². The number of nitrogens with zero attached hydrogens (tertiary/aromatic N) is 2. The van der Waals surface area contributed by atoms with Gasteiger partial charge in [0.2, 0.25) is 5.89 Å². The first-order valence-electron chi connectivity index (χ1n) is 18.0. The predicted octanol–water partition coefficient (Wildman–Crippen LogP) is 14.1. The molecular weight excluding hydrogens is 665 g/mol. The van der Waals surface area contributed by atoms with Crippen molar-refractivity contribution in [3.8, 4) is 33.7 Å². The van der Waals surface area contributed by atoms with Crippen molar-refractivity contribution in [2.75, 3.05) is 4.90 Å². The average Bonchev–Trinajstić information content (AvgIpc) is 3.95. The van der Waals surface area contributed by atoms with E-state index in [9.17, 15) is 0 Å². The summed E-state index contributed by atoms with van der Waals surface area (Å²) in [6.45, 7) is 0. The third-order valence-corrected chi connectivity index (χ3v) is 10.3. The van der Waals surface area contributed by atoms with E-state index in [1.807, 2.05) is 66.7 Å². The smallest absolute Gasteiger partial charge is 0.227 e. The minimum Gasteiger partial charge on any atom is -0.456 e. The monoisotopic (exact) mass is 694 g/mol. The second-order valence-electron chi connectivity index (χ2n) is 13.5. The number of oxazole rings is 1. The highest BCUT2D eigenvalue weighted by atomic mass is 16.4. The zero-order valence-corrected chi connectivity index (χ0v) is 28.9. The molecule has 0 amide bonds. The van der Waals surface area contributed by atoms with Gasteiger partial charge in [-0.2, -0.15) is 0 Å². The quantitative estimate of drug-likeness (QED) is 0.173. The van der Waals surface area contributed by atoms with Gasteiger partial charge in [0.1, 0.15) is 27.8 Å². The summed E-state index contributed by atoms with van der Waals surface area (Å²) < 4.78 is 18.8. The van der Waals surface area contributed by atoms with E-state index in [2.05, 4.69) is 120 Å². The van der Waals surface area contributed by atoms with E-state index < -0.39 is 0 Å². The van der Waals surface area contributed by atoms with E-state index >= 15 is 0 Å². The summed E-state index contributed by atoms with van der Waals surface area (Å²) in [6, 6.07) is 62.8. The number of anilines is 3. The van der Waals surface area contributed by atoms with Gasteiger partial charge >= 0.3 is 0 Å². The zero-order chi connectivity index (χ0) is 35.6. The molecule has 5 nitrogen and oxygen atoms in total. The van der Waals surface area contributed by atoms with Gasteiger partial charge in [0.05, 0.1) is 5.39 Å². The molecule has 11 aromatic rings. The summed E-state index contributed by atoms with van der Waals surface area (Å²) in [5, 5.41) is 4.23. The molecule has 0 N–H and O–H groups in total. The third-order valence-electron chi connectivity index (χ3n) is 10.3. The van der Waals surface area contributed by atoms with Crippen molar-refractivity contribution in [2.45, 2.75) is 0 Å². The molecule has 8 aromatic carbocycles. The van der Waals surface area contributed by atoms with Crippen LogP contribution in [0.15, 0.2) is 195 Å². The number of benzene rings is 8. The van der Waals surface area contributed by atoms with Crippen LogP contribution in [-0.4, -0.2) is 4.98 Å². The first kappa shape index (κ1) is 30.3. The number of hydrogen-bond donors (Lipinski definition) is 0. The Morgan fingerprint density at radius 1 is 0.370 bits per heavy atom. The molecule has 0 aliphatic rings. The van der Waals surface area contributed by atoms with Gasteiger partial charge in [-0.3, -0.25) is 0 Å².